The summed E-state index contributed by atoms with van der Waals surface area (Å²) in [6, 6.07) is 13.3. The second-order valence-electron chi connectivity index (χ2n) is 5.63. The van der Waals surface area contributed by atoms with E-state index < -0.39 is 22.2 Å². The predicted molar refractivity (Wildman–Crippen MR) is 85.1 cm³/mol. The monoisotopic (exact) mass is 328 g/mol. The Bertz CT molecular complexity index is 900. The van der Waals surface area contributed by atoms with Gasteiger partial charge in [-0.2, -0.15) is 5.26 Å². The minimum atomic E-state index is -3.92. The van der Waals surface area contributed by atoms with Crippen LogP contribution in [-0.4, -0.2) is 19.6 Å². The zero-order chi connectivity index (χ0) is 16.6. The van der Waals surface area contributed by atoms with E-state index in [0.29, 0.717) is 12.0 Å². The lowest BCUT2D eigenvalue weighted by molar-refractivity contribution is 0.151. The lowest BCUT2D eigenvalue weighted by Crippen LogP contribution is -2.34. The molecule has 2 aromatic carbocycles. The van der Waals surface area contributed by atoms with Gasteiger partial charge in [-0.3, -0.25) is 0 Å². The van der Waals surface area contributed by atoms with E-state index >= 15 is 0 Å². The maximum Gasteiger partial charge on any atom is 0.242 e. The third kappa shape index (κ3) is 2.75. The zero-order valence-corrected chi connectivity index (χ0v) is 13.3. The Balaban J connectivity index is 2.01. The van der Waals surface area contributed by atoms with Crippen LogP contribution in [0.25, 0.3) is 0 Å². The van der Waals surface area contributed by atoms with Gasteiger partial charge in [-0.25, -0.2) is 13.1 Å². The van der Waals surface area contributed by atoms with Gasteiger partial charge in [-0.05, 0) is 29.7 Å². The number of hydrogen-bond donors (Lipinski definition) is 2. The van der Waals surface area contributed by atoms with Crippen molar-refractivity contribution in [3.8, 4) is 6.07 Å². The topological polar surface area (TPSA) is 90.2 Å². The number of aliphatic hydroxyl groups is 1. The summed E-state index contributed by atoms with van der Waals surface area (Å²) in [5, 5.41) is 19.5. The van der Waals surface area contributed by atoms with Gasteiger partial charge < -0.3 is 5.11 Å². The Hall–Kier alpha value is -2.20. The van der Waals surface area contributed by atoms with Crippen molar-refractivity contribution in [2.45, 2.75) is 30.4 Å². The fourth-order valence-corrected chi connectivity index (χ4v) is 4.43. The molecule has 5 nitrogen and oxygen atoms in total. The first-order chi connectivity index (χ1) is 10.9. The number of hydrogen-bond acceptors (Lipinski definition) is 4. The lowest BCUT2D eigenvalue weighted by Gasteiger charge is -2.18. The van der Waals surface area contributed by atoms with Gasteiger partial charge in [0.2, 0.25) is 10.0 Å². The maximum absolute atomic E-state index is 12.7. The van der Waals surface area contributed by atoms with Gasteiger partial charge in [0, 0.05) is 6.42 Å². The average Bonchev–Trinajstić information content (AvgIpc) is 2.83. The minimum Gasteiger partial charge on any atom is -0.391 e. The van der Waals surface area contributed by atoms with Crippen LogP contribution in [0.2, 0.25) is 0 Å². The summed E-state index contributed by atoms with van der Waals surface area (Å²) in [6.07, 6.45) is -0.417. The second-order valence-corrected chi connectivity index (χ2v) is 7.31. The van der Waals surface area contributed by atoms with Crippen LogP contribution in [0.1, 0.15) is 28.3 Å². The number of fused-ring (bicyclic) bond motifs is 1. The SMILES string of the molecule is Cc1cccc(S(=O)(=O)N[C@@H]2c3ccccc3C[C@@H]2O)c1C#N. The third-order valence-electron chi connectivity index (χ3n) is 4.12. The van der Waals surface area contributed by atoms with E-state index in [1.165, 1.54) is 6.07 Å². The van der Waals surface area contributed by atoms with Gasteiger partial charge in [0.1, 0.15) is 11.0 Å². The molecule has 1 aliphatic rings. The van der Waals surface area contributed by atoms with E-state index in [-0.39, 0.29) is 10.5 Å². The molecule has 1 aliphatic carbocycles. The van der Waals surface area contributed by atoms with E-state index in [1.54, 1.807) is 25.1 Å². The number of rotatable bonds is 3. The van der Waals surface area contributed by atoms with E-state index in [4.69, 9.17) is 0 Å². The first-order valence-corrected chi connectivity index (χ1v) is 8.70. The Kier molecular flexibility index (Phi) is 3.94. The molecule has 2 aromatic rings. The molecule has 0 unspecified atom stereocenters. The van der Waals surface area contributed by atoms with Crippen molar-refractivity contribution >= 4 is 10.0 Å². The van der Waals surface area contributed by atoms with E-state index in [9.17, 15) is 18.8 Å². The number of nitriles is 1. The van der Waals surface area contributed by atoms with Gasteiger partial charge in [0.05, 0.1) is 17.7 Å². The fraction of sp³-hybridized carbons (Fsp3) is 0.235. The lowest BCUT2D eigenvalue weighted by atomic mass is 10.1. The standard InChI is InChI=1S/C17H16N2O3S/c1-11-5-4-8-16(14(11)10-18)23(21,22)19-17-13-7-3-2-6-12(13)9-15(17)20/h2-8,15,17,19-20H,9H2,1H3/t15-,17+/m0/s1. The number of nitrogens with zero attached hydrogens (tertiary/aromatic N) is 1. The number of aliphatic hydroxyl groups excluding tert-OH is 1. The molecule has 0 aromatic heterocycles. The second kappa shape index (κ2) is 5.78. The van der Waals surface area contributed by atoms with Crippen molar-refractivity contribution in [2.75, 3.05) is 0 Å². The zero-order valence-electron chi connectivity index (χ0n) is 12.5. The molecule has 0 heterocycles. The molecule has 0 fully saturated rings. The van der Waals surface area contributed by atoms with Crippen molar-refractivity contribution in [1.29, 1.82) is 5.26 Å². The molecule has 0 aliphatic heterocycles. The predicted octanol–water partition coefficient (Wildman–Crippen LogP) is 1.80. The van der Waals surface area contributed by atoms with Crippen molar-refractivity contribution in [3.05, 3.63) is 64.7 Å². The molecular weight excluding hydrogens is 312 g/mol. The minimum absolute atomic E-state index is 0.0587. The molecule has 0 radical (unpaired) electrons. The molecular formula is C17H16N2O3S. The number of benzene rings is 2. The summed E-state index contributed by atoms with van der Waals surface area (Å²) in [7, 11) is -3.92. The van der Waals surface area contributed by atoms with E-state index in [2.05, 4.69) is 4.72 Å². The number of aryl methyl sites for hydroxylation is 1. The van der Waals surface area contributed by atoms with Crippen LogP contribution in [0.5, 0.6) is 0 Å². The Morgan fingerprint density at radius 1 is 1.22 bits per heavy atom. The molecule has 0 saturated heterocycles. The van der Waals surface area contributed by atoms with Crippen LogP contribution < -0.4 is 4.72 Å². The third-order valence-corrected chi connectivity index (χ3v) is 5.61. The molecule has 2 atom stereocenters. The largest absolute Gasteiger partial charge is 0.391 e. The summed E-state index contributed by atoms with van der Waals surface area (Å²) < 4.78 is 28.0. The highest BCUT2D eigenvalue weighted by molar-refractivity contribution is 7.89. The first kappa shape index (κ1) is 15.7. The van der Waals surface area contributed by atoms with Crippen molar-refractivity contribution in [2.24, 2.45) is 0 Å². The van der Waals surface area contributed by atoms with Gasteiger partial charge in [0.15, 0.2) is 0 Å². The quantitative estimate of drug-likeness (QED) is 0.899. The highest BCUT2D eigenvalue weighted by atomic mass is 32.2. The molecule has 118 valence electrons. The van der Waals surface area contributed by atoms with Crippen LogP contribution in [0, 0.1) is 18.3 Å². The maximum atomic E-state index is 12.7. The van der Waals surface area contributed by atoms with Gasteiger partial charge in [0.25, 0.3) is 0 Å². The first-order valence-electron chi connectivity index (χ1n) is 7.22. The summed E-state index contributed by atoms with van der Waals surface area (Å²) >= 11 is 0. The molecule has 0 amide bonds. The number of nitrogens with one attached hydrogen (secondary N) is 1. The molecule has 0 spiro atoms. The number of sulfonamides is 1. The normalized spacial score (nSPS) is 20.0. The van der Waals surface area contributed by atoms with Gasteiger partial charge >= 0.3 is 0 Å². The Morgan fingerprint density at radius 2 is 1.96 bits per heavy atom. The molecule has 3 rings (SSSR count). The Labute approximate surface area is 135 Å². The van der Waals surface area contributed by atoms with Crippen LogP contribution in [-0.2, 0) is 16.4 Å². The summed E-state index contributed by atoms with van der Waals surface area (Å²) in [5.74, 6) is 0. The van der Waals surface area contributed by atoms with E-state index in [1.807, 2.05) is 24.3 Å². The highest BCUT2D eigenvalue weighted by Gasteiger charge is 2.35. The van der Waals surface area contributed by atoms with Crippen molar-refractivity contribution in [3.63, 3.8) is 0 Å². The van der Waals surface area contributed by atoms with Gasteiger partial charge in [-0.15, -0.1) is 0 Å². The van der Waals surface area contributed by atoms with Crippen molar-refractivity contribution in [1.82, 2.24) is 4.72 Å². The van der Waals surface area contributed by atoms with Crippen LogP contribution >= 0.6 is 0 Å². The Morgan fingerprint density at radius 3 is 2.70 bits per heavy atom. The molecule has 2 N–H and O–H groups in total. The van der Waals surface area contributed by atoms with E-state index in [0.717, 1.165) is 11.1 Å². The average molecular weight is 328 g/mol. The molecule has 23 heavy (non-hydrogen) atoms. The summed E-state index contributed by atoms with van der Waals surface area (Å²) in [4.78, 5) is -0.0587. The molecule has 0 bridgehead atoms. The molecule has 6 heteroatoms. The summed E-state index contributed by atoms with van der Waals surface area (Å²) in [5.41, 5.74) is 2.43. The van der Waals surface area contributed by atoms with Crippen molar-refractivity contribution < 1.29 is 13.5 Å². The van der Waals surface area contributed by atoms with Crippen LogP contribution in [0.3, 0.4) is 0 Å². The van der Waals surface area contributed by atoms with Gasteiger partial charge in [-0.1, -0.05) is 36.4 Å². The fourth-order valence-electron chi connectivity index (χ4n) is 2.95. The molecule has 0 saturated carbocycles. The van der Waals surface area contributed by atoms with Crippen LogP contribution in [0.15, 0.2) is 47.4 Å². The van der Waals surface area contributed by atoms with Crippen LogP contribution in [0.4, 0.5) is 0 Å². The smallest absolute Gasteiger partial charge is 0.242 e. The highest BCUT2D eigenvalue weighted by Crippen LogP contribution is 2.33. The summed E-state index contributed by atoms with van der Waals surface area (Å²) in [6.45, 7) is 1.69.